The van der Waals surface area contributed by atoms with Gasteiger partial charge in [0.1, 0.15) is 0 Å². The average Bonchev–Trinajstić information content (AvgIpc) is 2.37. The first-order valence-corrected chi connectivity index (χ1v) is 7.71. The van der Waals surface area contributed by atoms with Gasteiger partial charge in [-0.15, -0.1) is 0 Å². The summed E-state index contributed by atoms with van der Waals surface area (Å²) in [6, 6.07) is 0. The lowest BCUT2D eigenvalue weighted by molar-refractivity contribution is -0.312. The van der Waals surface area contributed by atoms with Crippen molar-refractivity contribution in [3.8, 4) is 0 Å². The quantitative estimate of drug-likeness (QED) is 0.632. The van der Waals surface area contributed by atoms with E-state index in [9.17, 15) is 27.9 Å². The maximum Gasteiger partial charge on any atom is 0.325 e. The molecule has 21 heavy (non-hydrogen) atoms. The van der Waals surface area contributed by atoms with Crippen molar-refractivity contribution < 1.29 is 18.3 Å². The highest BCUT2D eigenvalue weighted by molar-refractivity contribution is 7.89. The van der Waals surface area contributed by atoms with Gasteiger partial charge in [0.15, 0.2) is 4.90 Å². The molecule has 116 valence electrons. The minimum Gasteiger partial charge on any atom is -0.550 e. The number of carbonyl (C=O) groups is 1. The van der Waals surface area contributed by atoms with E-state index in [0.29, 0.717) is 12.8 Å². The Bertz CT molecular complexity index is 778. The first-order chi connectivity index (χ1) is 9.73. The van der Waals surface area contributed by atoms with Crippen molar-refractivity contribution in [1.29, 1.82) is 0 Å². The zero-order chi connectivity index (χ0) is 15.8. The van der Waals surface area contributed by atoms with Crippen LogP contribution in [0.1, 0.15) is 18.5 Å². The minimum absolute atomic E-state index is 0.0840. The molecular weight excluding hydrogens is 302 g/mol. The van der Waals surface area contributed by atoms with E-state index < -0.39 is 38.1 Å². The fraction of sp³-hybridized carbons (Fsp3) is 0.545. The van der Waals surface area contributed by atoms with Crippen molar-refractivity contribution in [2.24, 2.45) is 5.92 Å². The van der Waals surface area contributed by atoms with E-state index in [2.05, 4.69) is 4.98 Å². The number of carbonyl (C=O) groups excluding carboxylic acids is 1. The van der Waals surface area contributed by atoms with E-state index in [4.69, 9.17) is 0 Å². The van der Waals surface area contributed by atoms with Gasteiger partial charge in [-0.1, -0.05) is 0 Å². The number of aryl methyl sites for hydroxylation is 1. The zero-order valence-electron chi connectivity index (χ0n) is 11.2. The minimum atomic E-state index is -4.18. The third-order valence-electron chi connectivity index (χ3n) is 3.39. The molecule has 1 fully saturated rings. The highest BCUT2D eigenvalue weighted by atomic mass is 32.2. The van der Waals surface area contributed by atoms with E-state index in [-0.39, 0.29) is 18.8 Å². The second-order valence-electron chi connectivity index (χ2n) is 4.88. The summed E-state index contributed by atoms with van der Waals surface area (Å²) in [7, 11) is -4.18. The van der Waals surface area contributed by atoms with Crippen molar-refractivity contribution in [3.05, 3.63) is 26.5 Å². The highest BCUT2D eigenvalue weighted by Gasteiger charge is 2.33. The first kappa shape index (κ1) is 15.4. The number of carboxylic acids is 1. The molecule has 1 aromatic heterocycles. The molecular formula is C11H14N3O6S-. The Hall–Kier alpha value is -1.94. The fourth-order valence-corrected chi connectivity index (χ4v) is 4.11. The van der Waals surface area contributed by atoms with Crippen LogP contribution >= 0.6 is 0 Å². The maximum atomic E-state index is 12.5. The molecule has 1 aliphatic rings. The van der Waals surface area contributed by atoms with Gasteiger partial charge in [-0.3, -0.25) is 9.78 Å². The van der Waals surface area contributed by atoms with Crippen LogP contribution in [0.4, 0.5) is 0 Å². The van der Waals surface area contributed by atoms with Gasteiger partial charge in [-0.2, -0.15) is 4.31 Å². The predicted octanol–water partition coefficient (Wildman–Crippen LogP) is -2.48. The molecule has 1 aliphatic heterocycles. The summed E-state index contributed by atoms with van der Waals surface area (Å²) in [5.41, 5.74) is -1.91. The summed E-state index contributed by atoms with van der Waals surface area (Å²) >= 11 is 0. The zero-order valence-corrected chi connectivity index (χ0v) is 12.0. The van der Waals surface area contributed by atoms with E-state index >= 15 is 0 Å². The number of rotatable bonds is 3. The van der Waals surface area contributed by atoms with E-state index in [1.165, 1.54) is 6.92 Å². The number of aromatic nitrogens is 2. The molecule has 0 aliphatic carbocycles. The van der Waals surface area contributed by atoms with Crippen LogP contribution in [0.5, 0.6) is 0 Å². The molecule has 10 heteroatoms. The Morgan fingerprint density at radius 1 is 1.33 bits per heavy atom. The second kappa shape index (κ2) is 5.45. The van der Waals surface area contributed by atoms with Crippen LogP contribution in [0.15, 0.2) is 14.5 Å². The van der Waals surface area contributed by atoms with Gasteiger partial charge in [0.05, 0.1) is 0 Å². The number of hydrogen-bond acceptors (Lipinski definition) is 6. The summed E-state index contributed by atoms with van der Waals surface area (Å²) in [5, 5.41) is 10.9. The molecule has 2 rings (SSSR count). The van der Waals surface area contributed by atoms with Gasteiger partial charge < -0.3 is 14.9 Å². The molecule has 1 saturated heterocycles. The van der Waals surface area contributed by atoms with Crippen molar-refractivity contribution in [2.45, 2.75) is 24.7 Å². The Morgan fingerprint density at radius 3 is 2.57 bits per heavy atom. The Kier molecular flexibility index (Phi) is 4.01. The molecule has 2 N–H and O–H groups in total. The number of nitrogens with one attached hydrogen (secondary N) is 2. The van der Waals surface area contributed by atoms with Crippen molar-refractivity contribution >= 4 is 16.0 Å². The lowest BCUT2D eigenvalue weighted by atomic mass is 10.0. The number of piperidine rings is 1. The standard InChI is InChI=1S/C11H15N3O6S/c1-6-8(9(15)13-11(18)12-6)21(19,20)14-4-2-3-7(5-14)10(16)17/h7H,2-5H2,1H3,(H,16,17)(H2,12,13,15,18)/p-1. The van der Waals surface area contributed by atoms with Gasteiger partial charge >= 0.3 is 5.69 Å². The number of aromatic amines is 2. The van der Waals surface area contributed by atoms with Crippen molar-refractivity contribution in [1.82, 2.24) is 14.3 Å². The van der Waals surface area contributed by atoms with Crippen LogP contribution in [0.2, 0.25) is 0 Å². The van der Waals surface area contributed by atoms with Crippen LogP contribution in [0, 0.1) is 12.8 Å². The van der Waals surface area contributed by atoms with E-state index in [1.807, 2.05) is 4.98 Å². The summed E-state index contributed by atoms with van der Waals surface area (Å²) in [6.07, 6.45) is 0.688. The van der Waals surface area contributed by atoms with Gasteiger partial charge in [-0.25, -0.2) is 13.2 Å². The van der Waals surface area contributed by atoms with Gasteiger partial charge in [0.2, 0.25) is 10.0 Å². The highest BCUT2D eigenvalue weighted by Crippen LogP contribution is 2.22. The second-order valence-corrected chi connectivity index (χ2v) is 6.76. The van der Waals surface area contributed by atoms with Crippen molar-refractivity contribution in [2.75, 3.05) is 13.1 Å². The monoisotopic (exact) mass is 316 g/mol. The third kappa shape index (κ3) is 2.90. The Balaban J connectivity index is 2.46. The Labute approximate surface area is 119 Å². The largest absolute Gasteiger partial charge is 0.550 e. The van der Waals surface area contributed by atoms with Gasteiger partial charge in [0, 0.05) is 30.7 Å². The van der Waals surface area contributed by atoms with E-state index in [0.717, 1.165) is 4.31 Å². The van der Waals surface area contributed by atoms with Gasteiger partial charge in [-0.05, 0) is 19.8 Å². The lowest BCUT2D eigenvalue weighted by Crippen LogP contribution is -2.47. The maximum absolute atomic E-state index is 12.5. The first-order valence-electron chi connectivity index (χ1n) is 6.27. The molecule has 0 bridgehead atoms. The molecule has 0 spiro atoms. The topological polar surface area (TPSA) is 143 Å². The number of carboxylic acid groups (broad SMARTS) is 1. The van der Waals surface area contributed by atoms with Crippen LogP contribution in [0.25, 0.3) is 0 Å². The molecule has 1 atom stereocenters. The van der Waals surface area contributed by atoms with Crippen LogP contribution in [-0.4, -0.2) is 41.7 Å². The summed E-state index contributed by atoms with van der Waals surface area (Å²) in [5.74, 6) is -2.22. The lowest BCUT2D eigenvalue weighted by Gasteiger charge is -2.32. The smallest absolute Gasteiger partial charge is 0.325 e. The summed E-state index contributed by atoms with van der Waals surface area (Å²) in [4.78, 5) is 37.3. The van der Waals surface area contributed by atoms with Gasteiger partial charge in [0.25, 0.3) is 5.56 Å². The molecule has 0 saturated carbocycles. The molecule has 0 amide bonds. The number of nitrogens with zero attached hydrogens (tertiary/aromatic N) is 1. The summed E-state index contributed by atoms with van der Waals surface area (Å²) in [6.45, 7) is 1.16. The van der Waals surface area contributed by atoms with Crippen LogP contribution in [0.3, 0.4) is 0 Å². The number of H-pyrrole nitrogens is 2. The van der Waals surface area contributed by atoms with E-state index in [1.54, 1.807) is 0 Å². The molecule has 0 radical (unpaired) electrons. The fourth-order valence-electron chi connectivity index (χ4n) is 2.38. The average molecular weight is 316 g/mol. The molecule has 9 nitrogen and oxygen atoms in total. The Morgan fingerprint density at radius 2 is 2.00 bits per heavy atom. The SMILES string of the molecule is Cc1[nH]c(=O)[nH]c(=O)c1S(=O)(=O)N1CCCC(C(=O)[O-])C1. The molecule has 0 aromatic carbocycles. The summed E-state index contributed by atoms with van der Waals surface area (Å²) < 4.78 is 25.9. The molecule has 2 heterocycles. The number of aliphatic carboxylic acids is 1. The normalized spacial score (nSPS) is 20.3. The van der Waals surface area contributed by atoms with Crippen LogP contribution in [-0.2, 0) is 14.8 Å². The number of sulfonamides is 1. The van der Waals surface area contributed by atoms with Crippen molar-refractivity contribution in [3.63, 3.8) is 0 Å². The third-order valence-corrected chi connectivity index (χ3v) is 5.41. The van der Waals surface area contributed by atoms with Crippen LogP contribution < -0.4 is 16.4 Å². The molecule has 1 aromatic rings. The molecule has 1 unspecified atom stereocenters. The predicted molar refractivity (Wildman–Crippen MR) is 68.9 cm³/mol. The number of hydrogen-bond donors (Lipinski definition) is 2.